The first-order valence-corrected chi connectivity index (χ1v) is 4.42. The number of hydrogen-bond acceptors (Lipinski definition) is 0. The summed E-state index contributed by atoms with van der Waals surface area (Å²) in [6.07, 6.45) is 8.64. The summed E-state index contributed by atoms with van der Waals surface area (Å²) < 4.78 is 0. The van der Waals surface area contributed by atoms with Crippen LogP contribution in [0.1, 0.15) is 46.0 Å². The van der Waals surface area contributed by atoms with Gasteiger partial charge in [0.1, 0.15) is 0 Å². The lowest BCUT2D eigenvalue weighted by Gasteiger charge is -2.07. The molecule has 0 radical (unpaired) electrons. The molecule has 0 aliphatic heterocycles. The summed E-state index contributed by atoms with van der Waals surface area (Å²) in [4.78, 5) is 0. The summed E-state index contributed by atoms with van der Waals surface area (Å²) in [5.74, 6) is 0.901. The fourth-order valence-corrected chi connectivity index (χ4v) is 1.10. The van der Waals surface area contributed by atoms with E-state index in [1.54, 1.807) is 0 Å². The molecule has 0 aromatic rings. The highest BCUT2D eigenvalue weighted by atomic mass is 14.0. The lowest BCUT2D eigenvalue weighted by atomic mass is 9.99. The second-order valence-electron chi connectivity index (χ2n) is 3.11. The molecule has 0 nitrogen and oxygen atoms in total. The van der Waals surface area contributed by atoms with Gasteiger partial charge in [-0.15, -0.1) is 6.58 Å². The minimum atomic E-state index is 0.901. The SMILES string of the molecule is C=CCCC(C)CCCC. The molecule has 0 amide bonds. The molecule has 0 saturated carbocycles. The third kappa shape index (κ3) is 5.87. The number of allylic oxidation sites excluding steroid dienone is 1. The Kier molecular flexibility index (Phi) is 6.68. The van der Waals surface area contributed by atoms with E-state index in [2.05, 4.69) is 20.4 Å². The first-order chi connectivity index (χ1) is 4.81. The molecule has 0 rings (SSSR count). The van der Waals surface area contributed by atoms with Crippen molar-refractivity contribution >= 4 is 0 Å². The van der Waals surface area contributed by atoms with E-state index >= 15 is 0 Å². The van der Waals surface area contributed by atoms with E-state index in [1.165, 1.54) is 32.1 Å². The van der Waals surface area contributed by atoms with Crippen molar-refractivity contribution in [2.24, 2.45) is 5.92 Å². The van der Waals surface area contributed by atoms with Gasteiger partial charge in [-0.1, -0.05) is 39.2 Å². The highest BCUT2D eigenvalue weighted by molar-refractivity contribution is 4.67. The van der Waals surface area contributed by atoms with Crippen LogP contribution in [0, 0.1) is 5.92 Å². The highest BCUT2D eigenvalue weighted by Crippen LogP contribution is 2.13. The van der Waals surface area contributed by atoms with Crippen molar-refractivity contribution in [3.05, 3.63) is 12.7 Å². The molecule has 0 saturated heterocycles. The van der Waals surface area contributed by atoms with Gasteiger partial charge < -0.3 is 0 Å². The minimum absolute atomic E-state index is 0.901. The van der Waals surface area contributed by atoms with E-state index in [9.17, 15) is 0 Å². The van der Waals surface area contributed by atoms with E-state index in [0.717, 1.165) is 5.92 Å². The summed E-state index contributed by atoms with van der Waals surface area (Å²) in [7, 11) is 0. The van der Waals surface area contributed by atoms with Crippen LogP contribution in [0.3, 0.4) is 0 Å². The van der Waals surface area contributed by atoms with E-state index in [-0.39, 0.29) is 0 Å². The third-order valence-electron chi connectivity index (χ3n) is 1.91. The summed E-state index contributed by atoms with van der Waals surface area (Å²) in [6, 6.07) is 0. The quantitative estimate of drug-likeness (QED) is 0.492. The van der Waals surface area contributed by atoms with Crippen molar-refractivity contribution in [3.8, 4) is 0 Å². The van der Waals surface area contributed by atoms with Gasteiger partial charge in [-0.3, -0.25) is 0 Å². The van der Waals surface area contributed by atoms with Gasteiger partial charge in [0, 0.05) is 0 Å². The second-order valence-corrected chi connectivity index (χ2v) is 3.11. The summed E-state index contributed by atoms with van der Waals surface area (Å²) in [5, 5.41) is 0. The molecule has 0 aliphatic carbocycles. The van der Waals surface area contributed by atoms with Gasteiger partial charge in [0.15, 0.2) is 0 Å². The Labute approximate surface area is 65.3 Å². The maximum Gasteiger partial charge on any atom is -0.0351 e. The van der Waals surface area contributed by atoms with Crippen LogP contribution < -0.4 is 0 Å². The number of hydrogen-bond donors (Lipinski definition) is 0. The van der Waals surface area contributed by atoms with Gasteiger partial charge in [-0.05, 0) is 18.8 Å². The predicted octanol–water partition coefficient (Wildman–Crippen LogP) is 3.78. The largest absolute Gasteiger partial charge is 0.103 e. The van der Waals surface area contributed by atoms with Gasteiger partial charge in [0.25, 0.3) is 0 Å². The molecule has 0 heteroatoms. The lowest BCUT2D eigenvalue weighted by Crippen LogP contribution is -1.92. The van der Waals surface area contributed by atoms with Crippen molar-refractivity contribution in [3.63, 3.8) is 0 Å². The summed E-state index contributed by atoms with van der Waals surface area (Å²) in [6.45, 7) is 8.30. The Morgan fingerprint density at radius 2 is 2.10 bits per heavy atom. The average molecular weight is 140 g/mol. The molecule has 10 heavy (non-hydrogen) atoms. The van der Waals surface area contributed by atoms with Crippen LogP contribution in [0.15, 0.2) is 12.7 Å². The standard InChI is InChI=1S/C10H20/c1-4-6-8-10(3)9-7-5-2/h4,10H,1,5-9H2,2-3H3. The van der Waals surface area contributed by atoms with E-state index in [4.69, 9.17) is 0 Å². The van der Waals surface area contributed by atoms with Gasteiger partial charge in [-0.2, -0.15) is 0 Å². The molecule has 0 fully saturated rings. The van der Waals surface area contributed by atoms with Crippen LogP contribution >= 0.6 is 0 Å². The van der Waals surface area contributed by atoms with Crippen LogP contribution in [-0.2, 0) is 0 Å². The van der Waals surface area contributed by atoms with Crippen molar-refractivity contribution < 1.29 is 0 Å². The molecule has 0 N–H and O–H groups in total. The van der Waals surface area contributed by atoms with Crippen molar-refractivity contribution in [1.82, 2.24) is 0 Å². The summed E-state index contributed by atoms with van der Waals surface area (Å²) in [5.41, 5.74) is 0. The Hall–Kier alpha value is -0.260. The van der Waals surface area contributed by atoms with Crippen LogP contribution in [0.4, 0.5) is 0 Å². The van der Waals surface area contributed by atoms with E-state index in [0.29, 0.717) is 0 Å². The smallest absolute Gasteiger partial charge is 0.0351 e. The topological polar surface area (TPSA) is 0 Å². The van der Waals surface area contributed by atoms with Gasteiger partial charge in [-0.25, -0.2) is 0 Å². The normalized spacial score (nSPS) is 13.0. The molecule has 0 aromatic heterocycles. The van der Waals surface area contributed by atoms with Crippen LogP contribution in [0.2, 0.25) is 0 Å². The van der Waals surface area contributed by atoms with Gasteiger partial charge in [0.05, 0.1) is 0 Å². The van der Waals surface area contributed by atoms with Gasteiger partial charge in [0.2, 0.25) is 0 Å². The molecule has 1 unspecified atom stereocenters. The maximum atomic E-state index is 3.71. The zero-order valence-corrected chi connectivity index (χ0v) is 7.40. The van der Waals surface area contributed by atoms with Crippen LogP contribution in [0.25, 0.3) is 0 Å². The molecule has 0 aromatic carbocycles. The number of rotatable bonds is 6. The zero-order chi connectivity index (χ0) is 7.82. The van der Waals surface area contributed by atoms with Crippen molar-refractivity contribution in [2.75, 3.05) is 0 Å². The average Bonchev–Trinajstić information content (AvgIpc) is 1.97. The molecule has 0 bridgehead atoms. The molecule has 0 aliphatic rings. The second kappa shape index (κ2) is 6.85. The number of unbranched alkanes of at least 4 members (excludes halogenated alkanes) is 1. The van der Waals surface area contributed by atoms with Gasteiger partial charge >= 0.3 is 0 Å². The maximum absolute atomic E-state index is 3.71. The highest BCUT2D eigenvalue weighted by Gasteiger charge is 1.98. The molecular formula is C10H20. The Morgan fingerprint density at radius 1 is 1.40 bits per heavy atom. The summed E-state index contributed by atoms with van der Waals surface area (Å²) >= 11 is 0. The molecule has 0 heterocycles. The molecular weight excluding hydrogens is 120 g/mol. The molecule has 60 valence electrons. The lowest BCUT2D eigenvalue weighted by molar-refractivity contribution is 0.476. The first-order valence-electron chi connectivity index (χ1n) is 4.42. The minimum Gasteiger partial charge on any atom is -0.103 e. The molecule has 1 atom stereocenters. The first kappa shape index (κ1) is 9.74. The third-order valence-corrected chi connectivity index (χ3v) is 1.91. The van der Waals surface area contributed by atoms with Crippen LogP contribution in [-0.4, -0.2) is 0 Å². The fraction of sp³-hybridized carbons (Fsp3) is 0.800. The zero-order valence-electron chi connectivity index (χ0n) is 7.40. The fourth-order valence-electron chi connectivity index (χ4n) is 1.10. The van der Waals surface area contributed by atoms with Crippen LogP contribution in [0.5, 0.6) is 0 Å². The van der Waals surface area contributed by atoms with Crippen molar-refractivity contribution in [2.45, 2.75) is 46.0 Å². The van der Waals surface area contributed by atoms with E-state index < -0.39 is 0 Å². The predicted molar refractivity (Wildman–Crippen MR) is 48.1 cm³/mol. The monoisotopic (exact) mass is 140 g/mol. The molecule has 0 spiro atoms. The Morgan fingerprint density at radius 3 is 2.60 bits per heavy atom. The van der Waals surface area contributed by atoms with Crippen molar-refractivity contribution in [1.29, 1.82) is 0 Å². The Bertz CT molecular complexity index is 74.1. The van der Waals surface area contributed by atoms with E-state index in [1.807, 2.05) is 6.08 Å². The Balaban J connectivity index is 3.07.